The lowest BCUT2D eigenvalue weighted by molar-refractivity contribution is -0.113. The number of rotatable bonds is 7. The van der Waals surface area contributed by atoms with E-state index in [9.17, 15) is 14.4 Å². The standard InChI is InChI=1S/C26H26N4O4S/c31-23-15-35-22-8-7-18(11-21(22)28-23)29-14-19(34-26(29)33)4-2-10-27-12-17-13-30-24(32)9-6-16-3-1-5-20(17)25(16)30/h1,3,5-9,11,17,19,27H,2,4,10,12-15H2,(H,28,31)/t17-,19+/m0/s1. The van der Waals surface area contributed by atoms with Crippen molar-refractivity contribution in [1.82, 2.24) is 9.88 Å². The molecule has 35 heavy (non-hydrogen) atoms. The first kappa shape index (κ1) is 22.2. The van der Waals surface area contributed by atoms with E-state index in [0.29, 0.717) is 18.8 Å². The largest absolute Gasteiger partial charge is 0.444 e. The van der Waals surface area contributed by atoms with Gasteiger partial charge in [-0.15, -0.1) is 11.8 Å². The minimum absolute atomic E-state index is 0.0285. The highest BCUT2D eigenvalue weighted by Crippen LogP contribution is 2.36. The number of thioether (sulfide) groups is 1. The predicted molar refractivity (Wildman–Crippen MR) is 136 cm³/mol. The van der Waals surface area contributed by atoms with Crippen LogP contribution in [0.5, 0.6) is 0 Å². The SMILES string of the molecule is O=C1CSc2ccc(N3C[C@@H](CCCNC[C@H]4Cn5c(=O)ccc6cccc4c65)OC3=O)cc2N1. The number of hydrogen-bond donors (Lipinski definition) is 2. The number of para-hydroxylation sites is 1. The van der Waals surface area contributed by atoms with Crippen LogP contribution in [0.4, 0.5) is 16.2 Å². The molecule has 0 aliphatic carbocycles. The van der Waals surface area contributed by atoms with Gasteiger partial charge in [-0.3, -0.25) is 14.5 Å². The summed E-state index contributed by atoms with van der Waals surface area (Å²) in [5.74, 6) is 0.659. The molecule has 2 atom stereocenters. The molecule has 1 aromatic heterocycles. The highest BCUT2D eigenvalue weighted by molar-refractivity contribution is 8.00. The number of anilines is 2. The van der Waals surface area contributed by atoms with Crippen LogP contribution in [0.2, 0.25) is 0 Å². The molecule has 2 aromatic carbocycles. The van der Waals surface area contributed by atoms with E-state index < -0.39 is 0 Å². The molecule has 0 unspecified atom stereocenters. The second-order valence-electron chi connectivity index (χ2n) is 9.24. The highest BCUT2D eigenvalue weighted by atomic mass is 32.2. The van der Waals surface area contributed by atoms with Gasteiger partial charge in [-0.2, -0.15) is 0 Å². The lowest BCUT2D eigenvalue weighted by Crippen LogP contribution is -2.26. The quantitative estimate of drug-likeness (QED) is 0.492. The van der Waals surface area contributed by atoms with Crippen molar-refractivity contribution in [3.05, 3.63) is 64.4 Å². The summed E-state index contributed by atoms with van der Waals surface area (Å²) < 4.78 is 7.48. The lowest BCUT2D eigenvalue weighted by atomic mass is 10.00. The molecular formula is C26H26N4O4S. The van der Waals surface area contributed by atoms with E-state index >= 15 is 0 Å². The zero-order valence-electron chi connectivity index (χ0n) is 19.2. The molecule has 0 spiro atoms. The third kappa shape index (κ3) is 4.19. The van der Waals surface area contributed by atoms with E-state index in [1.54, 1.807) is 11.0 Å². The number of amides is 2. The van der Waals surface area contributed by atoms with Gasteiger partial charge < -0.3 is 19.9 Å². The van der Waals surface area contributed by atoms with Crippen molar-refractivity contribution in [3.8, 4) is 0 Å². The number of ether oxygens (including phenoxy) is 1. The number of carbonyl (C=O) groups is 2. The third-order valence-corrected chi connectivity index (χ3v) is 8.01. The van der Waals surface area contributed by atoms with Crippen molar-refractivity contribution in [3.63, 3.8) is 0 Å². The molecule has 9 heteroatoms. The number of nitrogens with zero attached hydrogens (tertiary/aromatic N) is 2. The van der Waals surface area contributed by atoms with Crippen molar-refractivity contribution < 1.29 is 14.3 Å². The molecule has 1 fully saturated rings. The fourth-order valence-electron chi connectivity index (χ4n) is 5.24. The number of cyclic esters (lactones) is 1. The average Bonchev–Trinajstić information content (AvgIpc) is 3.42. The lowest BCUT2D eigenvalue weighted by Gasteiger charge is -2.20. The van der Waals surface area contributed by atoms with Crippen molar-refractivity contribution in [2.75, 3.05) is 35.6 Å². The molecule has 180 valence electrons. The van der Waals surface area contributed by atoms with Crippen molar-refractivity contribution in [2.45, 2.75) is 36.3 Å². The number of aromatic nitrogens is 1. The van der Waals surface area contributed by atoms with Crippen LogP contribution in [0.25, 0.3) is 10.9 Å². The van der Waals surface area contributed by atoms with Gasteiger partial charge >= 0.3 is 6.09 Å². The molecule has 2 N–H and O–H groups in total. The summed E-state index contributed by atoms with van der Waals surface area (Å²) in [6, 6.07) is 15.5. The van der Waals surface area contributed by atoms with Crippen LogP contribution >= 0.6 is 11.8 Å². The highest BCUT2D eigenvalue weighted by Gasteiger charge is 2.32. The molecular weight excluding hydrogens is 464 g/mol. The minimum atomic E-state index is -0.347. The Morgan fingerprint density at radius 1 is 1.09 bits per heavy atom. The number of fused-ring (bicyclic) bond motifs is 1. The summed E-state index contributed by atoms with van der Waals surface area (Å²) in [6.07, 6.45) is 1.14. The summed E-state index contributed by atoms with van der Waals surface area (Å²) in [5.41, 5.74) is 3.83. The van der Waals surface area contributed by atoms with Crippen LogP contribution in [0.1, 0.15) is 24.3 Å². The molecule has 4 heterocycles. The summed E-state index contributed by atoms with van der Waals surface area (Å²) >= 11 is 1.50. The number of carbonyl (C=O) groups excluding carboxylic acids is 2. The Kier molecular flexibility index (Phi) is 5.74. The Bertz CT molecular complexity index is 1390. The maximum atomic E-state index is 12.5. The Balaban J connectivity index is 1.00. The summed E-state index contributed by atoms with van der Waals surface area (Å²) in [6.45, 7) is 2.82. The smallest absolute Gasteiger partial charge is 0.414 e. The van der Waals surface area contributed by atoms with E-state index in [1.807, 2.05) is 28.8 Å². The molecule has 1 saturated heterocycles. The first-order chi connectivity index (χ1) is 17.1. The molecule has 0 saturated carbocycles. The zero-order chi connectivity index (χ0) is 23.9. The Hall–Kier alpha value is -3.30. The number of hydrogen-bond acceptors (Lipinski definition) is 6. The Morgan fingerprint density at radius 2 is 2.00 bits per heavy atom. The third-order valence-electron chi connectivity index (χ3n) is 6.93. The molecule has 2 amide bonds. The topological polar surface area (TPSA) is 92.7 Å². The number of nitrogens with one attached hydrogen (secondary N) is 2. The monoisotopic (exact) mass is 490 g/mol. The predicted octanol–water partition coefficient (Wildman–Crippen LogP) is 3.54. The zero-order valence-corrected chi connectivity index (χ0v) is 20.0. The molecule has 3 aromatic rings. The van der Waals surface area contributed by atoms with E-state index in [1.165, 1.54) is 17.3 Å². The first-order valence-corrected chi connectivity index (χ1v) is 12.9. The Morgan fingerprint density at radius 3 is 2.91 bits per heavy atom. The summed E-state index contributed by atoms with van der Waals surface area (Å²) in [5, 5.41) is 7.51. The summed E-state index contributed by atoms with van der Waals surface area (Å²) in [7, 11) is 0. The normalized spacial score (nSPS) is 20.7. The van der Waals surface area contributed by atoms with Crippen LogP contribution in [0.3, 0.4) is 0 Å². The van der Waals surface area contributed by atoms with Gasteiger partial charge in [0.25, 0.3) is 5.56 Å². The maximum Gasteiger partial charge on any atom is 0.414 e. The van der Waals surface area contributed by atoms with Crippen LogP contribution in [-0.4, -0.2) is 48.1 Å². The summed E-state index contributed by atoms with van der Waals surface area (Å²) in [4.78, 5) is 39.1. The van der Waals surface area contributed by atoms with E-state index in [0.717, 1.165) is 53.1 Å². The molecule has 8 nitrogen and oxygen atoms in total. The Labute approximate surface area is 206 Å². The van der Waals surface area contributed by atoms with E-state index in [-0.39, 0.29) is 29.6 Å². The van der Waals surface area contributed by atoms with Gasteiger partial charge in [0.05, 0.1) is 23.5 Å². The van der Waals surface area contributed by atoms with Gasteiger partial charge in [0.2, 0.25) is 5.91 Å². The van der Waals surface area contributed by atoms with Crippen LogP contribution in [0.15, 0.2) is 58.2 Å². The van der Waals surface area contributed by atoms with E-state index in [2.05, 4.69) is 28.8 Å². The van der Waals surface area contributed by atoms with Gasteiger partial charge in [0, 0.05) is 35.7 Å². The molecule has 0 bridgehead atoms. The molecule has 0 radical (unpaired) electrons. The maximum absolute atomic E-state index is 12.5. The second-order valence-corrected chi connectivity index (χ2v) is 10.3. The second kappa shape index (κ2) is 9.05. The van der Waals surface area contributed by atoms with Crippen LogP contribution < -0.4 is 21.1 Å². The van der Waals surface area contributed by atoms with Gasteiger partial charge in [0.15, 0.2) is 0 Å². The molecule has 3 aliphatic heterocycles. The van der Waals surface area contributed by atoms with Crippen molar-refractivity contribution in [2.24, 2.45) is 0 Å². The van der Waals surface area contributed by atoms with Crippen LogP contribution in [0, 0.1) is 0 Å². The van der Waals surface area contributed by atoms with Crippen LogP contribution in [-0.2, 0) is 16.1 Å². The average molecular weight is 491 g/mol. The van der Waals surface area contributed by atoms with E-state index in [4.69, 9.17) is 4.74 Å². The minimum Gasteiger partial charge on any atom is -0.444 e. The van der Waals surface area contributed by atoms with Crippen molar-refractivity contribution in [1.29, 1.82) is 0 Å². The molecule has 3 aliphatic rings. The molecule has 6 rings (SSSR count). The van der Waals surface area contributed by atoms with Gasteiger partial charge in [-0.1, -0.05) is 18.2 Å². The van der Waals surface area contributed by atoms with Gasteiger partial charge in [0.1, 0.15) is 6.10 Å². The number of pyridine rings is 1. The van der Waals surface area contributed by atoms with Gasteiger partial charge in [-0.05, 0) is 54.6 Å². The first-order valence-electron chi connectivity index (χ1n) is 11.9. The number of benzene rings is 2. The van der Waals surface area contributed by atoms with Crippen molar-refractivity contribution >= 4 is 46.0 Å². The fraction of sp³-hybridized carbons (Fsp3) is 0.346. The van der Waals surface area contributed by atoms with Gasteiger partial charge in [-0.25, -0.2) is 4.79 Å². The fourth-order valence-corrected chi connectivity index (χ4v) is 6.03.